The number of halogens is 3. The molecule has 0 aliphatic heterocycles. The summed E-state index contributed by atoms with van der Waals surface area (Å²) in [6, 6.07) is 3.98. The average Bonchev–Trinajstić information content (AvgIpc) is 2.71. The van der Waals surface area contributed by atoms with Gasteiger partial charge < -0.3 is 20.5 Å². The van der Waals surface area contributed by atoms with Crippen molar-refractivity contribution in [3.8, 4) is 11.6 Å². The molecule has 3 N–H and O–H groups in total. The van der Waals surface area contributed by atoms with Crippen LogP contribution in [0.5, 0.6) is 11.6 Å². The van der Waals surface area contributed by atoms with Gasteiger partial charge in [0.2, 0.25) is 5.88 Å². The van der Waals surface area contributed by atoms with Crippen LogP contribution >= 0.6 is 0 Å². The number of nitrogens with one attached hydrogen (secondary N) is 1. The van der Waals surface area contributed by atoms with Crippen molar-refractivity contribution < 1.29 is 32.2 Å². The lowest BCUT2D eigenvalue weighted by molar-refractivity contribution is 0.0599. The second-order valence-electron chi connectivity index (χ2n) is 8.53. The predicted molar refractivity (Wildman–Crippen MR) is 115 cm³/mol. The number of primary amides is 1. The van der Waals surface area contributed by atoms with Crippen LogP contribution in [-0.2, 0) is 4.74 Å². The van der Waals surface area contributed by atoms with E-state index >= 15 is 0 Å². The van der Waals surface area contributed by atoms with E-state index in [2.05, 4.69) is 15.0 Å². The van der Waals surface area contributed by atoms with Crippen LogP contribution in [-0.4, -0.2) is 28.6 Å². The third-order valence-corrected chi connectivity index (χ3v) is 4.52. The maximum atomic E-state index is 13.5. The van der Waals surface area contributed by atoms with Crippen molar-refractivity contribution in [2.75, 3.05) is 0 Å². The van der Waals surface area contributed by atoms with Gasteiger partial charge in [-0.2, -0.15) is 0 Å². The zero-order valence-corrected chi connectivity index (χ0v) is 18.8. The van der Waals surface area contributed by atoms with Crippen LogP contribution in [0.15, 0.2) is 30.5 Å². The number of aromatic nitrogens is 1. The van der Waals surface area contributed by atoms with Gasteiger partial charge in [0.05, 0.1) is 6.20 Å². The van der Waals surface area contributed by atoms with Gasteiger partial charge in [-0.3, -0.25) is 4.79 Å². The average molecular weight is 467 g/mol. The summed E-state index contributed by atoms with van der Waals surface area (Å²) in [4.78, 5) is 26.2. The fourth-order valence-electron chi connectivity index (χ4n) is 3.13. The van der Waals surface area contributed by atoms with Crippen molar-refractivity contribution in [1.29, 1.82) is 0 Å². The molecule has 1 saturated carbocycles. The molecule has 2 amide bonds. The number of carbonyl (C=O) groups is 2. The van der Waals surface area contributed by atoms with Crippen LogP contribution in [0, 0.1) is 17.5 Å². The minimum absolute atomic E-state index is 0.0284. The second-order valence-corrected chi connectivity index (χ2v) is 8.53. The SMILES string of the molecule is CC(C)(C)OC(N)=O.O=C(NC1CCCCC1)c1cc(F)cnc1Oc1ccc(F)c(F)c1. The largest absolute Gasteiger partial charge is 0.444 e. The summed E-state index contributed by atoms with van der Waals surface area (Å²) in [5.41, 5.74) is 4.18. The van der Waals surface area contributed by atoms with Crippen LogP contribution < -0.4 is 15.8 Å². The van der Waals surface area contributed by atoms with Crippen molar-refractivity contribution in [1.82, 2.24) is 10.3 Å². The molecule has 1 heterocycles. The number of benzene rings is 1. The number of hydrogen-bond acceptors (Lipinski definition) is 5. The Hall–Kier alpha value is -3.30. The van der Waals surface area contributed by atoms with Crippen LogP contribution in [0.3, 0.4) is 0 Å². The van der Waals surface area contributed by atoms with E-state index in [-0.39, 0.29) is 23.2 Å². The monoisotopic (exact) mass is 467 g/mol. The fourth-order valence-corrected chi connectivity index (χ4v) is 3.13. The van der Waals surface area contributed by atoms with E-state index in [1.165, 1.54) is 6.07 Å². The van der Waals surface area contributed by atoms with Crippen molar-refractivity contribution in [2.45, 2.75) is 64.5 Å². The number of nitrogens with two attached hydrogens (primary N) is 1. The van der Waals surface area contributed by atoms with Gasteiger partial charge in [-0.05, 0) is 51.8 Å². The lowest BCUT2D eigenvalue weighted by atomic mass is 9.95. The number of ether oxygens (including phenoxy) is 2. The molecular formula is C23H28F3N3O4. The van der Waals surface area contributed by atoms with E-state index in [1.54, 1.807) is 20.8 Å². The highest BCUT2D eigenvalue weighted by molar-refractivity contribution is 5.96. The second kappa shape index (κ2) is 11.5. The molecule has 1 aliphatic rings. The third-order valence-electron chi connectivity index (χ3n) is 4.52. The third kappa shape index (κ3) is 8.99. The molecule has 33 heavy (non-hydrogen) atoms. The molecule has 0 bridgehead atoms. The lowest BCUT2D eigenvalue weighted by Gasteiger charge is -2.23. The Morgan fingerprint density at radius 2 is 1.73 bits per heavy atom. The highest BCUT2D eigenvalue weighted by atomic mass is 19.2. The summed E-state index contributed by atoms with van der Waals surface area (Å²) in [7, 11) is 0. The molecule has 0 unspecified atom stereocenters. The standard InChI is InChI=1S/C18H17F3N2O2.C5H11NO2/c19-11-8-14(17(24)23-12-4-2-1-3-5-12)18(22-10-11)25-13-6-7-15(20)16(21)9-13;1-5(2,3)8-4(6)7/h6-10,12H,1-5H2,(H,23,24);1-3H3,(H2,6,7). The maximum Gasteiger partial charge on any atom is 0.405 e. The van der Waals surface area contributed by atoms with E-state index < -0.39 is 35.1 Å². The molecule has 0 spiro atoms. The van der Waals surface area contributed by atoms with E-state index in [0.29, 0.717) is 0 Å². The summed E-state index contributed by atoms with van der Waals surface area (Å²) in [5, 5.41) is 2.85. The van der Waals surface area contributed by atoms with E-state index in [4.69, 9.17) is 10.5 Å². The summed E-state index contributed by atoms with van der Waals surface area (Å²) in [6.07, 6.45) is 5.11. The molecule has 3 rings (SSSR count). The number of nitrogens with zero attached hydrogens (tertiary/aromatic N) is 1. The van der Waals surface area contributed by atoms with Gasteiger partial charge in [-0.1, -0.05) is 19.3 Å². The smallest absolute Gasteiger partial charge is 0.405 e. The minimum atomic E-state index is -1.09. The van der Waals surface area contributed by atoms with Crippen LogP contribution in [0.4, 0.5) is 18.0 Å². The van der Waals surface area contributed by atoms with Crippen LogP contribution in [0.1, 0.15) is 63.2 Å². The van der Waals surface area contributed by atoms with Crippen molar-refractivity contribution in [2.24, 2.45) is 5.73 Å². The Morgan fingerprint density at radius 3 is 2.27 bits per heavy atom. The lowest BCUT2D eigenvalue weighted by Crippen LogP contribution is -2.36. The maximum absolute atomic E-state index is 13.5. The molecular weight excluding hydrogens is 439 g/mol. The topological polar surface area (TPSA) is 104 Å². The first-order chi connectivity index (χ1) is 15.4. The number of amides is 2. The molecule has 1 aliphatic carbocycles. The Morgan fingerprint density at radius 1 is 1.06 bits per heavy atom. The van der Waals surface area contributed by atoms with Crippen molar-refractivity contribution >= 4 is 12.0 Å². The number of hydrogen-bond donors (Lipinski definition) is 2. The number of pyridine rings is 1. The number of rotatable bonds is 4. The van der Waals surface area contributed by atoms with Crippen LogP contribution in [0.2, 0.25) is 0 Å². The molecule has 180 valence electrons. The van der Waals surface area contributed by atoms with Gasteiger partial charge in [0.1, 0.15) is 22.7 Å². The molecule has 0 atom stereocenters. The first-order valence-electron chi connectivity index (χ1n) is 10.5. The normalized spacial score (nSPS) is 14.0. The molecule has 1 aromatic carbocycles. The Kier molecular flexibility index (Phi) is 9.07. The summed E-state index contributed by atoms with van der Waals surface area (Å²) >= 11 is 0. The van der Waals surface area contributed by atoms with Gasteiger partial charge in [-0.25, -0.2) is 22.9 Å². The van der Waals surface area contributed by atoms with E-state index in [9.17, 15) is 22.8 Å². The van der Waals surface area contributed by atoms with Gasteiger partial charge >= 0.3 is 6.09 Å². The molecule has 7 nitrogen and oxygen atoms in total. The summed E-state index contributed by atoms with van der Waals surface area (Å²) in [5.74, 6) is -3.50. The first kappa shape index (κ1) is 26.0. The predicted octanol–water partition coefficient (Wildman–Crippen LogP) is 5.23. The van der Waals surface area contributed by atoms with Gasteiger partial charge in [0.15, 0.2) is 11.6 Å². The summed E-state index contributed by atoms with van der Waals surface area (Å²) in [6.45, 7) is 5.28. The minimum Gasteiger partial charge on any atom is -0.444 e. The van der Waals surface area contributed by atoms with Crippen LogP contribution in [0.25, 0.3) is 0 Å². The molecule has 10 heteroatoms. The van der Waals surface area contributed by atoms with Gasteiger partial charge in [-0.15, -0.1) is 0 Å². The van der Waals surface area contributed by atoms with E-state index in [0.717, 1.165) is 56.5 Å². The molecule has 0 saturated heterocycles. The van der Waals surface area contributed by atoms with Crippen molar-refractivity contribution in [3.63, 3.8) is 0 Å². The number of carbonyl (C=O) groups excluding carboxylic acids is 2. The highest BCUT2D eigenvalue weighted by Gasteiger charge is 2.21. The van der Waals surface area contributed by atoms with Gasteiger partial charge in [0, 0.05) is 12.1 Å². The summed E-state index contributed by atoms with van der Waals surface area (Å²) < 4.78 is 49.8. The Bertz CT molecular complexity index is 974. The fraction of sp³-hybridized carbons (Fsp3) is 0.435. The van der Waals surface area contributed by atoms with E-state index in [1.807, 2.05) is 0 Å². The van der Waals surface area contributed by atoms with Gasteiger partial charge in [0.25, 0.3) is 5.91 Å². The molecule has 2 aromatic rings. The zero-order valence-electron chi connectivity index (χ0n) is 18.8. The quantitative estimate of drug-likeness (QED) is 0.641. The highest BCUT2D eigenvalue weighted by Crippen LogP contribution is 2.26. The Labute approximate surface area is 190 Å². The first-order valence-corrected chi connectivity index (χ1v) is 10.5. The molecule has 0 radical (unpaired) electrons. The molecule has 1 fully saturated rings. The van der Waals surface area contributed by atoms with Crippen molar-refractivity contribution in [3.05, 3.63) is 53.5 Å². The molecule has 1 aromatic heterocycles. The zero-order chi connectivity index (χ0) is 24.6. The Balaban J connectivity index is 0.000000414.